The van der Waals surface area contributed by atoms with Crippen molar-refractivity contribution in [2.24, 2.45) is 11.7 Å². The molecule has 0 aromatic heterocycles. The van der Waals surface area contributed by atoms with Gasteiger partial charge in [0.25, 0.3) is 0 Å². The van der Waals surface area contributed by atoms with E-state index in [1.165, 1.54) is 25.7 Å². The van der Waals surface area contributed by atoms with Crippen molar-refractivity contribution < 1.29 is 0 Å². The topological polar surface area (TPSA) is 50.1 Å². The average molecular weight is 155 g/mol. The Kier molecular flexibility index (Phi) is 1.87. The van der Waals surface area contributed by atoms with Gasteiger partial charge in [-0.05, 0) is 31.6 Å². The van der Waals surface area contributed by atoms with Gasteiger partial charge in [0, 0.05) is 18.6 Å². The standard InChI is InChI=1S/C8H17N3/c9-5-6-10-11-8(3-4-8)7-1-2-7/h7,10-11H,1-6,9H2. The predicted molar refractivity (Wildman–Crippen MR) is 44.9 cm³/mol. The molecular weight excluding hydrogens is 138 g/mol. The number of nitrogens with one attached hydrogen (secondary N) is 2. The van der Waals surface area contributed by atoms with E-state index in [9.17, 15) is 0 Å². The summed E-state index contributed by atoms with van der Waals surface area (Å²) in [6, 6.07) is 0. The Balaban J connectivity index is 1.68. The molecule has 3 nitrogen and oxygen atoms in total. The summed E-state index contributed by atoms with van der Waals surface area (Å²) >= 11 is 0. The van der Waals surface area contributed by atoms with Crippen LogP contribution in [0.25, 0.3) is 0 Å². The molecule has 0 amide bonds. The van der Waals surface area contributed by atoms with Gasteiger partial charge in [0.15, 0.2) is 0 Å². The number of nitrogens with two attached hydrogens (primary N) is 1. The fourth-order valence-corrected chi connectivity index (χ4v) is 1.72. The van der Waals surface area contributed by atoms with E-state index < -0.39 is 0 Å². The van der Waals surface area contributed by atoms with E-state index >= 15 is 0 Å². The van der Waals surface area contributed by atoms with Crippen LogP contribution in [0, 0.1) is 5.92 Å². The first-order valence-corrected chi connectivity index (χ1v) is 4.57. The van der Waals surface area contributed by atoms with E-state index in [0.717, 1.165) is 12.5 Å². The molecule has 3 heteroatoms. The lowest BCUT2D eigenvalue weighted by molar-refractivity contribution is 0.379. The third-order valence-electron chi connectivity index (χ3n) is 2.75. The maximum atomic E-state index is 5.37. The van der Waals surface area contributed by atoms with Gasteiger partial charge in [0.05, 0.1) is 0 Å². The van der Waals surface area contributed by atoms with Crippen molar-refractivity contribution in [3.8, 4) is 0 Å². The summed E-state index contributed by atoms with van der Waals surface area (Å²) in [6.45, 7) is 1.60. The van der Waals surface area contributed by atoms with E-state index in [1.54, 1.807) is 0 Å². The van der Waals surface area contributed by atoms with E-state index in [4.69, 9.17) is 5.73 Å². The number of hydrogen-bond acceptors (Lipinski definition) is 3. The summed E-state index contributed by atoms with van der Waals surface area (Å²) in [5, 5.41) is 0. The molecular formula is C8H17N3. The van der Waals surface area contributed by atoms with Crippen LogP contribution in [-0.4, -0.2) is 18.6 Å². The molecule has 0 radical (unpaired) electrons. The molecule has 2 fully saturated rings. The largest absolute Gasteiger partial charge is 0.329 e. The van der Waals surface area contributed by atoms with Crippen LogP contribution in [0.2, 0.25) is 0 Å². The molecule has 2 aliphatic carbocycles. The Bertz CT molecular complexity index is 138. The highest BCUT2D eigenvalue weighted by Crippen LogP contribution is 2.53. The lowest BCUT2D eigenvalue weighted by Gasteiger charge is -2.16. The van der Waals surface area contributed by atoms with Gasteiger partial charge in [-0.25, -0.2) is 0 Å². The van der Waals surface area contributed by atoms with Crippen molar-refractivity contribution in [2.75, 3.05) is 13.1 Å². The molecule has 0 aromatic rings. The van der Waals surface area contributed by atoms with Gasteiger partial charge in [-0.2, -0.15) is 0 Å². The van der Waals surface area contributed by atoms with E-state index in [-0.39, 0.29) is 0 Å². The minimum Gasteiger partial charge on any atom is -0.329 e. The van der Waals surface area contributed by atoms with Crippen LogP contribution < -0.4 is 16.6 Å². The van der Waals surface area contributed by atoms with E-state index in [1.807, 2.05) is 0 Å². The van der Waals surface area contributed by atoms with Gasteiger partial charge in [0.1, 0.15) is 0 Å². The number of rotatable bonds is 5. The number of hydrogen-bond donors (Lipinski definition) is 3. The van der Waals surface area contributed by atoms with Crippen LogP contribution in [0.1, 0.15) is 25.7 Å². The monoisotopic (exact) mass is 155 g/mol. The van der Waals surface area contributed by atoms with E-state index in [2.05, 4.69) is 10.9 Å². The highest BCUT2D eigenvalue weighted by molar-refractivity contribution is 5.10. The SMILES string of the molecule is NCCNNC1(C2CC2)CC1. The Morgan fingerprint density at radius 3 is 2.55 bits per heavy atom. The summed E-state index contributed by atoms with van der Waals surface area (Å²) in [4.78, 5) is 0. The van der Waals surface area contributed by atoms with Gasteiger partial charge < -0.3 is 5.73 Å². The lowest BCUT2D eigenvalue weighted by Crippen LogP contribution is -2.45. The lowest BCUT2D eigenvalue weighted by atomic mass is 10.2. The third-order valence-corrected chi connectivity index (χ3v) is 2.75. The molecule has 0 aliphatic heterocycles. The van der Waals surface area contributed by atoms with Crippen LogP contribution in [0.5, 0.6) is 0 Å². The van der Waals surface area contributed by atoms with Crippen molar-refractivity contribution in [1.29, 1.82) is 0 Å². The second-order valence-corrected chi connectivity index (χ2v) is 3.77. The van der Waals surface area contributed by atoms with Gasteiger partial charge in [0.2, 0.25) is 0 Å². The Hall–Kier alpha value is -0.120. The highest BCUT2D eigenvalue weighted by Gasteiger charge is 2.53. The van der Waals surface area contributed by atoms with E-state index in [0.29, 0.717) is 12.1 Å². The predicted octanol–water partition coefficient (Wildman–Crippen LogP) is -0.0181. The van der Waals surface area contributed by atoms with Gasteiger partial charge in [-0.1, -0.05) is 0 Å². The fraction of sp³-hybridized carbons (Fsp3) is 1.00. The summed E-state index contributed by atoms with van der Waals surface area (Å²) in [6.07, 6.45) is 5.57. The molecule has 2 saturated carbocycles. The fourth-order valence-electron chi connectivity index (χ4n) is 1.72. The summed E-state index contributed by atoms with van der Waals surface area (Å²) in [5.74, 6) is 0.966. The van der Waals surface area contributed by atoms with Gasteiger partial charge in [-0.15, -0.1) is 0 Å². The van der Waals surface area contributed by atoms with Crippen molar-refractivity contribution >= 4 is 0 Å². The first-order chi connectivity index (χ1) is 5.37. The second kappa shape index (κ2) is 2.73. The van der Waals surface area contributed by atoms with Gasteiger partial charge >= 0.3 is 0 Å². The quantitative estimate of drug-likeness (QED) is 0.386. The van der Waals surface area contributed by atoms with Crippen molar-refractivity contribution in [3.63, 3.8) is 0 Å². The van der Waals surface area contributed by atoms with Crippen LogP contribution in [0.3, 0.4) is 0 Å². The van der Waals surface area contributed by atoms with Crippen molar-refractivity contribution in [3.05, 3.63) is 0 Å². The molecule has 0 aromatic carbocycles. The minimum absolute atomic E-state index is 0.495. The Labute approximate surface area is 67.7 Å². The van der Waals surface area contributed by atoms with Crippen LogP contribution in [0.15, 0.2) is 0 Å². The molecule has 4 N–H and O–H groups in total. The molecule has 0 bridgehead atoms. The molecule has 2 aliphatic rings. The summed E-state index contributed by atoms with van der Waals surface area (Å²) < 4.78 is 0. The van der Waals surface area contributed by atoms with Crippen LogP contribution >= 0.6 is 0 Å². The molecule has 0 heterocycles. The summed E-state index contributed by atoms with van der Waals surface area (Å²) in [5.41, 5.74) is 12.4. The average Bonchev–Trinajstić information content (AvgIpc) is 2.84. The maximum Gasteiger partial charge on any atom is 0.0353 e. The zero-order valence-electron chi connectivity index (χ0n) is 6.90. The molecule has 0 unspecified atom stereocenters. The Morgan fingerprint density at radius 2 is 2.09 bits per heavy atom. The van der Waals surface area contributed by atoms with Crippen molar-refractivity contribution in [1.82, 2.24) is 10.9 Å². The molecule has 64 valence electrons. The maximum absolute atomic E-state index is 5.37. The first kappa shape index (κ1) is 7.53. The molecule has 0 atom stereocenters. The minimum atomic E-state index is 0.495. The zero-order chi connectivity index (χ0) is 7.73. The smallest absolute Gasteiger partial charge is 0.0353 e. The molecule has 11 heavy (non-hydrogen) atoms. The zero-order valence-corrected chi connectivity index (χ0v) is 6.90. The normalized spacial score (nSPS) is 27.0. The van der Waals surface area contributed by atoms with Crippen molar-refractivity contribution in [2.45, 2.75) is 31.2 Å². The Morgan fingerprint density at radius 1 is 1.36 bits per heavy atom. The second-order valence-electron chi connectivity index (χ2n) is 3.77. The highest BCUT2D eigenvalue weighted by atomic mass is 15.4. The third kappa shape index (κ3) is 1.55. The van der Waals surface area contributed by atoms with Gasteiger partial charge in [-0.3, -0.25) is 10.9 Å². The first-order valence-electron chi connectivity index (χ1n) is 4.57. The summed E-state index contributed by atoms with van der Waals surface area (Å²) in [7, 11) is 0. The molecule has 2 rings (SSSR count). The van der Waals surface area contributed by atoms with Crippen LogP contribution in [0.4, 0.5) is 0 Å². The molecule has 0 saturated heterocycles. The number of hydrazine groups is 1. The molecule has 0 spiro atoms. The van der Waals surface area contributed by atoms with Crippen LogP contribution in [-0.2, 0) is 0 Å².